The largest absolute Gasteiger partial charge is 0.374 e. The summed E-state index contributed by atoms with van der Waals surface area (Å²) in [7, 11) is 0. The highest BCUT2D eigenvalue weighted by molar-refractivity contribution is 7.15. The molecule has 2 fully saturated rings. The summed E-state index contributed by atoms with van der Waals surface area (Å²) in [5, 5.41) is 8.49. The Balaban J connectivity index is 1.80. The number of carbonyl (C=O) groups excluding carboxylic acids is 2. The third-order valence-electron chi connectivity index (χ3n) is 3.46. The van der Waals surface area contributed by atoms with Gasteiger partial charge in [-0.15, -0.1) is 10.2 Å². The van der Waals surface area contributed by atoms with E-state index in [2.05, 4.69) is 10.2 Å². The van der Waals surface area contributed by atoms with Crippen LogP contribution < -0.4 is 5.73 Å². The molecule has 2 atom stereocenters. The summed E-state index contributed by atoms with van der Waals surface area (Å²) >= 11 is 1.22. The van der Waals surface area contributed by atoms with E-state index in [4.69, 9.17) is 5.73 Å². The zero-order chi connectivity index (χ0) is 12.0. The van der Waals surface area contributed by atoms with Crippen molar-refractivity contribution in [3.05, 3.63) is 5.01 Å². The molecule has 1 aromatic rings. The average molecular weight is 252 g/mol. The summed E-state index contributed by atoms with van der Waals surface area (Å²) in [5.41, 5.74) is 5.47. The number of anilines is 1. The van der Waals surface area contributed by atoms with Crippen LogP contribution >= 0.6 is 11.3 Å². The Labute approximate surface area is 102 Å². The molecule has 2 N–H and O–H groups in total. The molecular formula is C10H12N4O2S. The number of aromatic nitrogens is 2. The minimum absolute atomic E-state index is 0.0497. The predicted octanol–water partition coefficient (Wildman–Crippen LogP) is 0.405. The molecule has 3 rings (SSSR count). The lowest BCUT2D eigenvalue weighted by Crippen LogP contribution is -2.31. The first-order valence-electron chi connectivity index (χ1n) is 5.60. The van der Waals surface area contributed by atoms with Crippen molar-refractivity contribution in [3.8, 4) is 0 Å². The molecule has 1 aromatic heterocycles. The number of nitrogens with two attached hydrogens (primary N) is 1. The van der Waals surface area contributed by atoms with Crippen molar-refractivity contribution in [2.45, 2.75) is 25.8 Å². The number of rotatable bonds is 2. The van der Waals surface area contributed by atoms with E-state index in [1.807, 2.05) is 0 Å². The van der Waals surface area contributed by atoms with Crippen LogP contribution in [0.25, 0.3) is 0 Å². The number of hydrogen-bond donors (Lipinski definition) is 1. The molecule has 90 valence electrons. The minimum atomic E-state index is -0.0900. The number of likely N-dealkylation sites (tertiary alicyclic amines) is 1. The Bertz CT molecular complexity index is 464. The zero-order valence-corrected chi connectivity index (χ0v) is 9.94. The van der Waals surface area contributed by atoms with E-state index in [-0.39, 0.29) is 30.2 Å². The molecule has 0 aromatic carbocycles. The van der Waals surface area contributed by atoms with Gasteiger partial charge in [-0.05, 0) is 12.8 Å². The van der Waals surface area contributed by atoms with Gasteiger partial charge in [0.1, 0.15) is 5.01 Å². The summed E-state index contributed by atoms with van der Waals surface area (Å²) < 4.78 is 0. The maximum absolute atomic E-state index is 12.0. The summed E-state index contributed by atoms with van der Waals surface area (Å²) in [6.45, 7) is 0.222. The molecule has 2 heterocycles. The minimum Gasteiger partial charge on any atom is -0.374 e. The van der Waals surface area contributed by atoms with Crippen LogP contribution in [0.3, 0.4) is 0 Å². The molecule has 2 aliphatic rings. The number of hydrogen-bond acceptors (Lipinski definition) is 6. The monoisotopic (exact) mass is 252 g/mol. The van der Waals surface area contributed by atoms with Gasteiger partial charge in [0.25, 0.3) is 0 Å². The molecule has 2 unspecified atom stereocenters. The van der Waals surface area contributed by atoms with Crippen LogP contribution in [-0.2, 0) is 16.1 Å². The predicted molar refractivity (Wildman–Crippen MR) is 60.7 cm³/mol. The van der Waals surface area contributed by atoms with Gasteiger partial charge < -0.3 is 5.73 Å². The first kappa shape index (κ1) is 10.6. The van der Waals surface area contributed by atoms with Crippen molar-refractivity contribution in [1.82, 2.24) is 15.1 Å². The Hall–Kier alpha value is -1.50. The van der Waals surface area contributed by atoms with Crippen molar-refractivity contribution in [2.24, 2.45) is 11.8 Å². The molecule has 7 heteroatoms. The Morgan fingerprint density at radius 2 is 1.88 bits per heavy atom. The van der Waals surface area contributed by atoms with E-state index >= 15 is 0 Å². The molecular weight excluding hydrogens is 240 g/mol. The average Bonchev–Trinajstić information content (AvgIpc) is 2.96. The topological polar surface area (TPSA) is 89.2 Å². The fourth-order valence-corrected chi connectivity index (χ4v) is 3.28. The van der Waals surface area contributed by atoms with Crippen LogP contribution in [-0.4, -0.2) is 26.9 Å². The van der Waals surface area contributed by atoms with Crippen molar-refractivity contribution >= 4 is 28.3 Å². The summed E-state index contributed by atoms with van der Waals surface area (Å²) in [6, 6.07) is 0. The third kappa shape index (κ3) is 1.61. The van der Waals surface area contributed by atoms with Crippen LogP contribution in [0.15, 0.2) is 0 Å². The second kappa shape index (κ2) is 3.76. The zero-order valence-electron chi connectivity index (χ0n) is 9.13. The Morgan fingerprint density at radius 3 is 2.41 bits per heavy atom. The van der Waals surface area contributed by atoms with E-state index < -0.39 is 0 Å². The number of imide groups is 1. The lowest BCUT2D eigenvalue weighted by Gasteiger charge is -2.13. The number of nitrogens with zero attached hydrogens (tertiary/aromatic N) is 3. The normalized spacial score (nSPS) is 27.9. The van der Waals surface area contributed by atoms with Crippen molar-refractivity contribution in [1.29, 1.82) is 0 Å². The highest BCUT2D eigenvalue weighted by atomic mass is 32.1. The van der Waals surface area contributed by atoms with Crippen LogP contribution in [0.4, 0.5) is 5.13 Å². The molecule has 0 bridgehead atoms. The van der Waals surface area contributed by atoms with E-state index in [0.717, 1.165) is 19.3 Å². The fourth-order valence-electron chi connectivity index (χ4n) is 2.68. The van der Waals surface area contributed by atoms with Gasteiger partial charge in [-0.1, -0.05) is 17.8 Å². The lowest BCUT2D eigenvalue weighted by molar-refractivity contribution is -0.141. The number of nitrogen functional groups attached to an aromatic ring is 1. The third-order valence-corrected chi connectivity index (χ3v) is 4.20. The molecule has 6 nitrogen and oxygen atoms in total. The van der Waals surface area contributed by atoms with E-state index in [9.17, 15) is 9.59 Å². The Kier molecular flexibility index (Phi) is 2.36. The molecule has 0 spiro atoms. The molecule has 1 saturated carbocycles. The number of carbonyl (C=O) groups is 2. The SMILES string of the molecule is Nc1nnc(CN2C(=O)C3CCCC3C2=O)s1. The summed E-state index contributed by atoms with van der Waals surface area (Å²) in [4.78, 5) is 25.4. The van der Waals surface area contributed by atoms with Gasteiger partial charge in [-0.3, -0.25) is 14.5 Å². The number of amides is 2. The van der Waals surface area contributed by atoms with Gasteiger partial charge in [-0.2, -0.15) is 0 Å². The van der Waals surface area contributed by atoms with Gasteiger partial charge in [0.15, 0.2) is 0 Å². The van der Waals surface area contributed by atoms with Gasteiger partial charge >= 0.3 is 0 Å². The highest BCUT2D eigenvalue weighted by Gasteiger charge is 2.49. The van der Waals surface area contributed by atoms with Gasteiger partial charge in [0, 0.05) is 0 Å². The maximum Gasteiger partial charge on any atom is 0.233 e. The lowest BCUT2D eigenvalue weighted by atomic mass is 10.00. The summed E-state index contributed by atoms with van der Waals surface area (Å²) in [5.74, 6) is -0.280. The van der Waals surface area contributed by atoms with Crippen LogP contribution in [0.1, 0.15) is 24.3 Å². The second-order valence-corrected chi connectivity index (χ2v) is 5.53. The van der Waals surface area contributed by atoms with E-state index in [1.54, 1.807) is 0 Å². The van der Waals surface area contributed by atoms with Crippen LogP contribution in [0.5, 0.6) is 0 Å². The van der Waals surface area contributed by atoms with Gasteiger partial charge in [0.05, 0.1) is 18.4 Å². The van der Waals surface area contributed by atoms with Gasteiger partial charge in [-0.25, -0.2) is 0 Å². The first-order valence-corrected chi connectivity index (χ1v) is 6.41. The first-order chi connectivity index (χ1) is 8.16. The van der Waals surface area contributed by atoms with Crippen molar-refractivity contribution in [3.63, 3.8) is 0 Å². The van der Waals surface area contributed by atoms with Crippen LogP contribution in [0.2, 0.25) is 0 Å². The molecule has 1 aliphatic heterocycles. The quantitative estimate of drug-likeness (QED) is 0.770. The standard InChI is InChI=1S/C10H12N4O2S/c11-10-13-12-7(17-10)4-14-8(15)5-2-1-3-6(5)9(14)16/h5-6H,1-4H2,(H2,11,13). The number of fused-ring (bicyclic) bond motifs is 1. The van der Waals surface area contributed by atoms with E-state index in [1.165, 1.54) is 16.2 Å². The molecule has 2 amide bonds. The smallest absolute Gasteiger partial charge is 0.233 e. The molecule has 0 radical (unpaired) electrons. The highest BCUT2D eigenvalue weighted by Crippen LogP contribution is 2.40. The van der Waals surface area contributed by atoms with Crippen LogP contribution in [0, 0.1) is 11.8 Å². The molecule has 1 aliphatic carbocycles. The second-order valence-electron chi connectivity index (χ2n) is 4.44. The maximum atomic E-state index is 12.0. The molecule has 17 heavy (non-hydrogen) atoms. The fraction of sp³-hybridized carbons (Fsp3) is 0.600. The van der Waals surface area contributed by atoms with E-state index in [0.29, 0.717) is 10.1 Å². The van der Waals surface area contributed by atoms with Crippen molar-refractivity contribution < 1.29 is 9.59 Å². The van der Waals surface area contributed by atoms with Gasteiger partial charge in [0.2, 0.25) is 16.9 Å². The van der Waals surface area contributed by atoms with Crippen molar-refractivity contribution in [2.75, 3.05) is 5.73 Å². The Morgan fingerprint density at radius 1 is 1.24 bits per heavy atom. The summed E-state index contributed by atoms with van der Waals surface area (Å²) in [6.07, 6.45) is 2.65. The molecule has 1 saturated heterocycles.